The summed E-state index contributed by atoms with van der Waals surface area (Å²) in [5.41, 5.74) is 2.61. The number of esters is 1. The highest BCUT2D eigenvalue weighted by Crippen LogP contribution is 2.42. The van der Waals surface area contributed by atoms with E-state index in [1.165, 1.54) is 7.11 Å². The van der Waals surface area contributed by atoms with Crippen molar-refractivity contribution in [2.24, 2.45) is 5.92 Å². The van der Waals surface area contributed by atoms with Gasteiger partial charge in [0.1, 0.15) is 23.7 Å². The molecule has 6 heteroatoms. The number of hydrogen-bond acceptors (Lipinski definition) is 5. The van der Waals surface area contributed by atoms with Crippen LogP contribution in [0.1, 0.15) is 53.7 Å². The van der Waals surface area contributed by atoms with Crippen molar-refractivity contribution >= 4 is 11.9 Å². The average molecular weight is 348 g/mol. The molecule has 1 heterocycles. The molecular formula is C19H24O6. The predicted molar refractivity (Wildman–Crippen MR) is 92.0 cm³/mol. The molecule has 1 aromatic rings. The summed E-state index contributed by atoms with van der Waals surface area (Å²) in [6.07, 6.45) is 3.27. The van der Waals surface area contributed by atoms with Gasteiger partial charge in [-0.3, -0.25) is 0 Å². The Morgan fingerprint density at radius 2 is 2.12 bits per heavy atom. The van der Waals surface area contributed by atoms with E-state index in [2.05, 4.69) is 0 Å². The van der Waals surface area contributed by atoms with Crippen LogP contribution in [0.3, 0.4) is 0 Å². The number of carbonyl (C=O) groups excluding carboxylic acids is 1. The first kappa shape index (κ1) is 18.8. The number of phenolic OH excluding ortho intramolecular Hbond substituents is 1. The Morgan fingerprint density at radius 1 is 1.44 bits per heavy atom. The van der Waals surface area contributed by atoms with Crippen LogP contribution in [0.5, 0.6) is 11.5 Å². The molecule has 0 fully saturated rings. The van der Waals surface area contributed by atoms with Crippen LogP contribution >= 0.6 is 0 Å². The van der Waals surface area contributed by atoms with Crippen LogP contribution < -0.4 is 4.74 Å². The van der Waals surface area contributed by atoms with Gasteiger partial charge in [-0.25, -0.2) is 9.59 Å². The van der Waals surface area contributed by atoms with E-state index >= 15 is 0 Å². The highest BCUT2D eigenvalue weighted by Gasteiger charge is 2.32. The highest BCUT2D eigenvalue weighted by atomic mass is 16.5. The van der Waals surface area contributed by atoms with Gasteiger partial charge in [-0.2, -0.15) is 0 Å². The lowest BCUT2D eigenvalue weighted by Crippen LogP contribution is -2.06. The summed E-state index contributed by atoms with van der Waals surface area (Å²) in [4.78, 5) is 23.0. The Morgan fingerprint density at radius 3 is 2.68 bits per heavy atom. The number of carboxylic acids is 1. The fraction of sp³-hybridized carbons (Fsp3) is 0.474. The molecule has 0 amide bonds. The van der Waals surface area contributed by atoms with Crippen molar-refractivity contribution in [3.8, 4) is 11.5 Å². The topological polar surface area (TPSA) is 93.1 Å². The molecule has 1 unspecified atom stereocenters. The van der Waals surface area contributed by atoms with E-state index in [0.717, 1.165) is 5.56 Å². The first-order valence-electron chi connectivity index (χ1n) is 8.34. The third-order valence-electron chi connectivity index (χ3n) is 4.64. The molecule has 6 nitrogen and oxygen atoms in total. The number of rotatable bonds is 7. The molecule has 2 rings (SSSR count). The largest absolute Gasteiger partial charge is 0.507 e. The maximum atomic E-state index is 11.9. The number of hydrogen-bond donors (Lipinski definition) is 2. The molecule has 0 aliphatic carbocycles. The molecule has 2 N–H and O–H groups in total. The Kier molecular flexibility index (Phi) is 5.72. The molecule has 1 aliphatic rings. The van der Waals surface area contributed by atoms with Gasteiger partial charge in [-0.15, -0.1) is 0 Å². The van der Waals surface area contributed by atoms with Crippen molar-refractivity contribution in [2.75, 3.05) is 7.11 Å². The van der Waals surface area contributed by atoms with E-state index in [9.17, 15) is 14.7 Å². The first-order valence-corrected chi connectivity index (χ1v) is 8.34. The molecule has 25 heavy (non-hydrogen) atoms. The maximum Gasteiger partial charge on any atom is 0.342 e. The molecule has 136 valence electrons. The van der Waals surface area contributed by atoms with E-state index in [1.54, 1.807) is 13.0 Å². The van der Waals surface area contributed by atoms with Gasteiger partial charge in [-0.05, 0) is 37.7 Å². The Bertz CT molecular complexity index is 732. The number of ether oxygens (including phenoxy) is 2. The predicted octanol–water partition coefficient (Wildman–Crippen LogP) is 3.37. The zero-order chi connectivity index (χ0) is 18.7. The molecule has 0 saturated carbocycles. The van der Waals surface area contributed by atoms with Crippen molar-refractivity contribution in [1.82, 2.24) is 0 Å². The minimum absolute atomic E-state index is 0.00988. The number of cyclic esters (lactones) is 1. The molecular weight excluding hydrogens is 324 g/mol. The monoisotopic (exact) mass is 348 g/mol. The molecule has 1 atom stereocenters. The lowest BCUT2D eigenvalue weighted by Gasteiger charge is -2.17. The highest BCUT2D eigenvalue weighted by molar-refractivity contribution is 5.98. The minimum atomic E-state index is -0.911. The summed E-state index contributed by atoms with van der Waals surface area (Å²) in [5.74, 6) is -0.960. The van der Waals surface area contributed by atoms with Gasteiger partial charge < -0.3 is 19.7 Å². The maximum absolute atomic E-state index is 11.9. The number of fused-ring (bicyclic) bond motifs is 1. The number of allylic oxidation sites excluding steroid dienone is 1. The van der Waals surface area contributed by atoms with Gasteiger partial charge in [0, 0.05) is 16.7 Å². The fourth-order valence-corrected chi connectivity index (χ4v) is 3.21. The molecule has 0 saturated heterocycles. The second-order valence-corrected chi connectivity index (χ2v) is 6.28. The van der Waals surface area contributed by atoms with E-state index in [1.807, 2.05) is 13.8 Å². The Labute approximate surface area is 147 Å². The zero-order valence-corrected chi connectivity index (χ0v) is 15.0. The Balaban J connectivity index is 2.31. The van der Waals surface area contributed by atoms with Crippen LogP contribution in [0.4, 0.5) is 0 Å². The van der Waals surface area contributed by atoms with Crippen LogP contribution in [-0.2, 0) is 22.6 Å². The molecule has 0 aromatic heterocycles. The molecule has 0 spiro atoms. The normalized spacial score (nSPS) is 14.9. The van der Waals surface area contributed by atoms with Crippen LogP contribution in [0.25, 0.3) is 0 Å². The minimum Gasteiger partial charge on any atom is -0.507 e. The second-order valence-electron chi connectivity index (χ2n) is 6.28. The third-order valence-corrected chi connectivity index (χ3v) is 4.64. The number of benzene rings is 1. The smallest absolute Gasteiger partial charge is 0.342 e. The quantitative estimate of drug-likeness (QED) is 0.580. The summed E-state index contributed by atoms with van der Waals surface area (Å²) in [6, 6.07) is 0. The standard InChI is InChI=1S/C19H24O6/c1-5-12(18(21)22)8-10(2)6-7-13-16(20)15-14(9-25-19(15)23)11(3)17(13)24-4/h8,10,20H,5-7,9H2,1-4H3,(H,21,22)/b12-8+. The number of aromatic hydroxyl groups is 1. The molecule has 0 radical (unpaired) electrons. The molecule has 1 aliphatic heterocycles. The lowest BCUT2D eigenvalue weighted by molar-refractivity contribution is -0.132. The van der Waals surface area contributed by atoms with Crippen molar-refractivity contribution in [3.63, 3.8) is 0 Å². The van der Waals surface area contributed by atoms with Gasteiger partial charge >= 0.3 is 11.9 Å². The summed E-state index contributed by atoms with van der Waals surface area (Å²) in [6.45, 7) is 5.71. The molecule has 0 bridgehead atoms. The van der Waals surface area contributed by atoms with Gasteiger partial charge in [0.05, 0.1) is 7.11 Å². The van der Waals surface area contributed by atoms with Crippen molar-refractivity contribution in [2.45, 2.75) is 46.6 Å². The van der Waals surface area contributed by atoms with Crippen LogP contribution in [0.15, 0.2) is 11.6 Å². The molecule has 1 aromatic carbocycles. The lowest BCUT2D eigenvalue weighted by atomic mass is 9.92. The van der Waals surface area contributed by atoms with Crippen LogP contribution in [-0.4, -0.2) is 29.3 Å². The number of aliphatic carboxylic acids is 1. The SMILES string of the molecule is CC/C(=C\C(C)CCc1c(O)c2c(c(C)c1OC)COC2=O)C(=O)O. The van der Waals surface area contributed by atoms with Gasteiger partial charge in [-0.1, -0.05) is 19.9 Å². The van der Waals surface area contributed by atoms with Crippen molar-refractivity contribution < 1.29 is 29.3 Å². The number of methoxy groups -OCH3 is 1. The summed E-state index contributed by atoms with van der Waals surface area (Å²) >= 11 is 0. The first-order chi connectivity index (χ1) is 11.8. The van der Waals surface area contributed by atoms with E-state index in [-0.39, 0.29) is 23.8 Å². The number of carboxylic acid groups (broad SMARTS) is 1. The summed E-state index contributed by atoms with van der Waals surface area (Å²) < 4.78 is 10.5. The van der Waals surface area contributed by atoms with Crippen LogP contribution in [0, 0.1) is 12.8 Å². The van der Waals surface area contributed by atoms with Gasteiger partial charge in [0.15, 0.2) is 0 Å². The van der Waals surface area contributed by atoms with Crippen molar-refractivity contribution in [3.05, 3.63) is 33.9 Å². The van der Waals surface area contributed by atoms with Gasteiger partial charge in [0.2, 0.25) is 0 Å². The zero-order valence-electron chi connectivity index (χ0n) is 15.0. The average Bonchev–Trinajstić information content (AvgIpc) is 2.96. The van der Waals surface area contributed by atoms with Gasteiger partial charge in [0.25, 0.3) is 0 Å². The number of phenols is 1. The fourth-order valence-electron chi connectivity index (χ4n) is 3.21. The van der Waals surface area contributed by atoms with Crippen LogP contribution in [0.2, 0.25) is 0 Å². The Hall–Kier alpha value is -2.50. The third kappa shape index (κ3) is 3.62. The van der Waals surface area contributed by atoms with Crippen molar-refractivity contribution in [1.29, 1.82) is 0 Å². The summed E-state index contributed by atoms with van der Waals surface area (Å²) in [7, 11) is 1.53. The van der Waals surface area contributed by atoms with E-state index < -0.39 is 11.9 Å². The number of carbonyl (C=O) groups is 2. The van der Waals surface area contributed by atoms with E-state index in [4.69, 9.17) is 14.6 Å². The second kappa shape index (κ2) is 7.59. The summed E-state index contributed by atoms with van der Waals surface area (Å²) in [5, 5.41) is 19.7. The van der Waals surface area contributed by atoms with E-state index in [0.29, 0.717) is 41.7 Å².